The van der Waals surface area contributed by atoms with Crippen molar-refractivity contribution in [1.82, 2.24) is 19.3 Å². The monoisotopic (exact) mass is 403 g/mol. The van der Waals surface area contributed by atoms with Crippen molar-refractivity contribution in [2.45, 2.75) is 32.2 Å². The number of hydrogen-bond acceptors (Lipinski definition) is 3. The summed E-state index contributed by atoms with van der Waals surface area (Å²) in [6.07, 6.45) is 6.01. The first-order chi connectivity index (χ1) is 14.6. The number of anilines is 1. The third-order valence-corrected chi connectivity index (χ3v) is 5.72. The van der Waals surface area contributed by atoms with Crippen molar-refractivity contribution in [2.24, 2.45) is 7.05 Å². The molecule has 4 aromatic rings. The molecule has 1 amide bonds. The average Bonchev–Trinajstić information content (AvgIpc) is 3.22. The topological polar surface area (TPSA) is 64.7 Å². The molecule has 0 saturated carbocycles. The summed E-state index contributed by atoms with van der Waals surface area (Å²) in [5.41, 5.74) is 2.33. The molecule has 0 saturated heterocycles. The number of fused-ring (bicyclic) bond motifs is 2. The van der Waals surface area contributed by atoms with Crippen LogP contribution in [0.4, 0.5) is 10.1 Å². The fourth-order valence-corrected chi connectivity index (χ4v) is 4.17. The Kier molecular flexibility index (Phi) is 4.58. The molecule has 1 aliphatic heterocycles. The smallest absolute Gasteiger partial charge is 0.257 e. The van der Waals surface area contributed by atoms with Crippen LogP contribution in [0.15, 0.2) is 48.7 Å². The van der Waals surface area contributed by atoms with Gasteiger partial charge in [-0.1, -0.05) is 24.6 Å². The Hall–Kier alpha value is -3.48. The summed E-state index contributed by atoms with van der Waals surface area (Å²) in [5, 5.41) is 12.2. The molecule has 2 aromatic carbocycles. The second-order valence-corrected chi connectivity index (χ2v) is 7.72. The fourth-order valence-electron chi connectivity index (χ4n) is 4.17. The van der Waals surface area contributed by atoms with Gasteiger partial charge in [0.2, 0.25) is 0 Å². The van der Waals surface area contributed by atoms with Gasteiger partial charge < -0.3 is 14.5 Å². The molecule has 0 aliphatic carbocycles. The van der Waals surface area contributed by atoms with Crippen molar-refractivity contribution < 1.29 is 9.18 Å². The minimum absolute atomic E-state index is 0.136. The summed E-state index contributed by atoms with van der Waals surface area (Å²) in [6, 6.07) is 12.3. The number of nitrogens with zero attached hydrogens (tertiary/aromatic N) is 4. The van der Waals surface area contributed by atoms with Crippen LogP contribution in [0.3, 0.4) is 0 Å². The van der Waals surface area contributed by atoms with E-state index in [1.807, 2.05) is 35.9 Å². The summed E-state index contributed by atoms with van der Waals surface area (Å²) < 4.78 is 18.5. The number of halogens is 1. The van der Waals surface area contributed by atoms with Gasteiger partial charge in [-0.3, -0.25) is 4.79 Å². The van der Waals surface area contributed by atoms with Gasteiger partial charge in [0.05, 0.1) is 11.3 Å². The summed E-state index contributed by atoms with van der Waals surface area (Å²) in [7, 11) is 1.89. The molecule has 0 fully saturated rings. The highest BCUT2D eigenvalue weighted by molar-refractivity contribution is 6.13. The lowest BCUT2D eigenvalue weighted by Crippen LogP contribution is -2.13. The number of benzene rings is 2. The lowest BCUT2D eigenvalue weighted by molar-refractivity contribution is 0.102. The second kappa shape index (κ2) is 7.40. The quantitative estimate of drug-likeness (QED) is 0.546. The fraction of sp³-hybridized carbons (Fsp3) is 0.261. The molecular weight excluding hydrogens is 381 g/mol. The number of aromatic nitrogens is 4. The molecule has 6 nitrogen and oxygen atoms in total. The molecule has 0 spiro atoms. The lowest BCUT2D eigenvalue weighted by Gasteiger charge is -2.10. The van der Waals surface area contributed by atoms with Gasteiger partial charge >= 0.3 is 0 Å². The Bertz CT molecular complexity index is 1260. The van der Waals surface area contributed by atoms with Crippen LogP contribution >= 0.6 is 0 Å². The van der Waals surface area contributed by atoms with Crippen LogP contribution in [0, 0.1) is 5.82 Å². The molecule has 3 heterocycles. The largest absolute Gasteiger partial charge is 0.350 e. The highest BCUT2D eigenvalue weighted by atomic mass is 19.1. The Morgan fingerprint density at radius 1 is 1.10 bits per heavy atom. The van der Waals surface area contributed by atoms with Gasteiger partial charge in [-0.05, 0) is 37.1 Å². The van der Waals surface area contributed by atoms with Gasteiger partial charge in [0, 0.05) is 42.7 Å². The molecule has 0 atom stereocenters. The SMILES string of the molecule is Cn1cc(C(=O)Nc2cc(-c3nnc4n3CCCCC4)ccc2F)c2ccccc21. The lowest BCUT2D eigenvalue weighted by atomic mass is 10.1. The maximum atomic E-state index is 14.5. The summed E-state index contributed by atoms with van der Waals surface area (Å²) in [6.45, 7) is 0.854. The molecule has 5 rings (SSSR count). The molecular formula is C23H22FN5O. The predicted molar refractivity (Wildman–Crippen MR) is 114 cm³/mol. The van der Waals surface area contributed by atoms with E-state index in [-0.39, 0.29) is 11.6 Å². The minimum Gasteiger partial charge on any atom is -0.350 e. The van der Waals surface area contributed by atoms with Gasteiger partial charge in [-0.15, -0.1) is 10.2 Å². The van der Waals surface area contributed by atoms with Crippen LogP contribution in [0.25, 0.3) is 22.3 Å². The predicted octanol–water partition coefficient (Wildman–Crippen LogP) is 4.55. The Morgan fingerprint density at radius 3 is 2.87 bits per heavy atom. The van der Waals surface area contributed by atoms with E-state index in [4.69, 9.17) is 0 Å². The van der Waals surface area contributed by atoms with E-state index < -0.39 is 5.82 Å². The highest BCUT2D eigenvalue weighted by Gasteiger charge is 2.19. The van der Waals surface area contributed by atoms with E-state index in [9.17, 15) is 9.18 Å². The number of rotatable bonds is 3. The van der Waals surface area contributed by atoms with Crippen molar-refractivity contribution in [3.63, 3.8) is 0 Å². The molecule has 1 N–H and O–H groups in total. The van der Waals surface area contributed by atoms with Crippen LogP contribution in [-0.2, 0) is 20.0 Å². The second-order valence-electron chi connectivity index (χ2n) is 7.72. The van der Waals surface area contributed by atoms with E-state index in [0.29, 0.717) is 11.4 Å². The summed E-state index contributed by atoms with van der Waals surface area (Å²) >= 11 is 0. The number of para-hydroxylation sites is 1. The van der Waals surface area contributed by atoms with Crippen LogP contribution in [0.1, 0.15) is 35.4 Å². The van der Waals surface area contributed by atoms with Gasteiger partial charge in [0.15, 0.2) is 5.82 Å². The van der Waals surface area contributed by atoms with Crippen LogP contribution in [-0.4, -0.2) is 25.2 Å². The van der Waals surface area contributed by atoms with E-state index in [1.165, 1.54) is 12.5 Å². The standard InChI is InChI=1S/C23H22FN5O/c1-28-14-17(16-7-4-5-8-20(16)28)23(30)25-19-13-15(10-11-18(19)24)22-27-26-21-9-3-2-6-12-29(21)22/h4-5,7-8,10-11,13-14H,2-3,6,9,12H2,1H3,(H,25,30). The van der Waals surface area contributed by atoms with Gasteiger partial charge in [0.25, 0.3) is 5.91 Å². The number of carbonyl (C=O) groups excluding carboxylic acids is 1. The molecule has 2 aromatic heterocycles. The number of nitrogens with one attached hydrogen (secondary N) is 1. The van der Waals surface area contributed by atoms with Gasteiger partial charge in [-0.2, -0.15) is 0 Å². The summed E-state index contributed by atoms with van der Waals surface area (Å²) in [4.78, 5) is 12.9. The maximum Gasteiger partial charge on any atom is 0.257 e. The third-order valence-electron chi connectivity index (χ3n) is 5.72. The van der Waals surface area contributed by atoms with E-state index in [2.05, 4.69) is 20.1 Å². The summed E-state index contributed by atoms with van der Waals surface area (Å²) in [5.74, 6) is 0.853. The minimum atomic E-state index is -0.483. The molecule has 0 radical (unpaired) electrons. The first-order valence-electron chi connectivity index (χ1n) is 10.2. The first-order valence-corrected chi connectivity index (χ1v) is 10.2. The third kappa shape index (κ3) is 3.16. The van der Waals surface area contributed by atoms with Crippen molar-refractivity contribution in [1.29, 1.82) is 0 Å². The van der Waals surface area contributed by atoms with Crippen LogP contribution in [0.2, 0.25) is 0 Å². The highest BCUT2D eigenvalue weighted by Crippen LogP contribution is 2.28. The van der Waals surface area contributed by atoms with E-state index in [0.717, 1.165) is 48.1 Å². The number of amides is 1. The van der Waals surface area contributed by atoms with E-state index in [1.54, 1.807) is 18.3 Å². The zero-order valence-electron chi connectivity index (χ0n) is 16.7. The van der Waals surface area contributed by atoms with Gasteiger partial charge in [0.1, 0.15) is 11.6 Å². The zero-order valence-corrected chi connectivity index (χ0v) is 16.7. The van der Waals surface area contributed by atoms with Crippen LogP contribution in [0.5, 0.6) is 0 Å². The molecule has 0 bridgehead atoms. The Labute approximate surface area is 173 Å². The number of aryl methyl sites for hydroxylation is 2. The Morgan fingerprint density at radius 2 is 1.97 bits per heavy atom. The molecule has 0 unspecified atom stereocenters. The number of hydrogen-bond donors (Lipinski definition) is 1. The molecule has 30 heavy (non-hydrogen) atoms. The van der Waals surface area contributed by atoms with Crippen molar-refractivity contribution in [2.75, 3.05) is 5.32 Å². The normalized spacial score (nSPS) is 13.8. The first kappa shape index (κ1) is 18.5. The van der Waals surface area contributed by atoms with E-state index >= 15 is 0 Å². The van der Waals surface area contributed by atoms with Crippen molar-refractivity contribution >= 4 is 22.5 Å². The number of carbonyl (C=O) groups is 1. The zero-order chi connectivity index (χ0) is 20.7. The van der Waals surface area contributed by atoms with Crippen LogP contribution < -0.4 is 5.32 Å². The average molecular weight is 403 g/mol. The van der Waals surface area contributed by atoms with Crippen molar-refractivity contribution in [3.05, 3.63) is 65.9 Å². The Balaban J connectivity index is 1.49. The van der Waals surface area contributed by atoms with Gasteiger partial charge in [-0.25, -0.2) is 4.39 Å². The van der Waals surface area contributed by atoms with Crippen molar-refractivity contribution in [3.8, 4) is 11.4 Å². The molecule has 152 valence electrons. The molecule has 1 aliphatic rings. The maximum absolute atomic E-state index is 14.5. The molecule has 7 heteroatoms.